The first-order valence-electron chi connectivity index (χ1n) is 9.80. The molecule has 0 amide bonds. The Morgan fingerprint density at radius 3 is 1.37 bits per heavy atom. The second kappa shape index (κ2) is 7.86. The molecule has 0 N–H and O–H groups in total. The molecule has 2 aromatic rings. The Morgan fingerprint density at radius 2 is 0.963 bits per heavy atom. The third-order valence-corrected chi connectivity index (χ3v) is 5.64. The van der Waals surface area contributed by atoms with Gasteiger partial charge in [0.25, 0.3) is 5.69 Å². The van der Waals surface area contributed by atoms with Gasteiger partial charge in [-0.3, -0.25) is 10.1 Å². The third-order valence-electron chi connectivity index (χ3n) is 5.64. The highest BCUT2D eigenvalue weighted by atomic mass is 16.6. The van der Waals surface area contributed by atoms with E-state index in [1.165, 1.54) is 43.7 Å². The van der Waals surface area contributed by atoms with Crippen molar-refractivity contribution in [3.8, 4) is 0 Å². The average molecular weight is 366 g/mol. The number of nitro benzene ring substituents is 1. The van der Waals surface area contributed by atoms with Gasteiger partial charge in [0.15, 0.2) is 0 Å². The van der Waals surface area contributed by atoms with Crippen LogP contribution in [0.15, 0.2) is 48.5 Å². The number of hydrogen-bond donors (Lipinski definition) is 0. The number of rotatable bonds is 4. The second-order valence-corrected chi connectivity index (χ2v) is 7.31. The minimum atomic E-state index is -0.352. The molecule has 0 radical (unpaired) electrons. The van der Waals surface area contributed by atoms with Gasteiger partial charge in [-0.1, -0.05) is 0 Å². The number of nitrogens with zero attached hydrogens (tertiary/aromatic N) is 4. The van der Waals surface area contributed by atoms with Gasteiger partial charge in [0.05, 0.1) is 4.92 Å². The monoisotopic (exact) mass is 366 g/mol. The number of anilines is 3. The summed E-state index contributed by atoms with van der Waals surface area (Å²) in [4.78, 5) is 17.6. The molecule has 4 rings (SSSR count). The summed E-state index contributed by atoms with van der Waals surface area (Å²) in [7, 11) is 0. The normalized spacial score (nSPS) is 17.9. The van der Waals surface area contributed by atoms with Crippen molar-refractivity contribution in [1.82, 2.24) is 0 Å². The van der Waals surface area contributed by atoms with Gasteiger partial charge < -0.3 is 14.7 Å². The van der Waals surface area contributed by atoms with Crippen molar-refractivity contribution in [3.63, 3.8) is 0 Å². The van der Waals surface area contributed by atoms with Crippen molar-refractivity contribution in [2.24, 2.45) is 0 Å². The van der Waals surface area contributed by atoms with E-state index in [0.717, 1.165) is 31.9 Å². The lowest BCUT2D eigenvalue weighted by Gasteiger charge is -2.37. The SMILES string of the molecule is O=[N+]([O-])c1ccc(N2CCN(c3ccc(N4CCCCC4)cc3)CC2)cc1. The van der Waals surface area contributed by atoms with Crippen LogP contribution in [-0.2, 0) is 0 Å². The Labute approximate surface area is 160 Å². The van der Waals surface area contributed by atoms with Crippen LogP contribution in [0.25, 0.3) is 0 Å². The minimum Gasteiger partial charge on any atom is -0.372 e. The smallest absolute Gasteiger partial charge is 0.269 e. The van der Waals surface area contributed by atoms with Gasteiger partial charge in [-0.2, -0.15) is 0 Å². The van der Waals surface area contributed by atoms with Crippen LogP contribution < -0.4 is 14.7 Å². The fourth-order valence-corrected chi connectivity index (χ4v) is 4.03. The summed E-state index contributed by atoms with van der Waals surface area (Å²) in [6, 6.07) is 15.9. The van der Waals surface area contributed by atoms with E-state index in [-0.39, 0.29) is 10.6 Å². The predicted molar refractivity (Wildman–Crippen MR) is 110 cm³/mol. The van der Waals surface area contributed by atoms with Crippen molar-refractivity contribution >= 4 is 22.7 Å². The zero-order chi connectivity index (χ0) is 18.6. The number of piperidine rings is 1. The van der Waals surface area contributed by atoms with Crippen LogP contribution in [0.5, 0.6) is 0 Å². The Kier molecular flexibility index (Phi) is 5.14. The molecular weight excluding hydrogens is 340 g/mol. The van der Waals surface area contributed by atoms with Crippen molar-refractivity contribution in [2.45, 2.75) is 19.3 Å². The lowest BCUT2D eigenvalue weighted by atomic mass is 10.1. The minimum absolute atomic E-state index is 0.145. The fraction of sp³-hybridized carbons (Fsp3) is 0.429. The van der Waals surface area contributed by atoms with E-state index < -0.39 is 0 Å². The Balaban J connectivity index is 1.35. The summed E-state index contributed by atoms with van der Waals surface area (Å²) < 4.78 is 0. The average Bonchev–Trinajstić information content (AvgIpc) is 2.75. The molecule has 2 heterocycles. The molecule has 0 unspecified atom stereocenters. The van der Waals surface area contributed by atoms with Crippen molar-refractivity contribution in [2.75, 3.05) is 54.0 Å². The molecule has 2 saturated heterocycles. The summed E-state index contributed by atoms with van der Waals surface area (Å²) in [5.74, 6) is 0. The highest BCUT2D eigenvalue weighted by Gasteiger charge is 2.19. The number of nitro groups is 1. The zero-order valence-corrected chi connectivity index (χ0v) is 15.6. The largest absolute Gasteiger partial charge is 0.372 e. The van der Waals surface area contributed by atoms with E-state index in [2.05, 4.69) is 39.0 Å². The van der Waals surface area contributed by atoms with E-state index in [1.807, 2.05) is 12.1 Å². The molecule has 0 bridgehead atoms. The first kappa shape index (κ1) is 17.6. The van der Waals surface area contributed by atoms with Crippen LogP contribution >= 0.6 is 0 Å². The number of piperazine rings is 1. The summed E-state index contributed by atoms with van der Waals surface area (Å²) in [6.07, 6.45) is 3.95. The van der Waals surface area contributed by atoms with Crippen LogP contribution in [0.4, 0.5) is 22.7 Å². The molecule has 0 spiro atoms. The van der Waals surface area contributed by atoms with Gasteiger partial charge in [0.2, 0.25) is 0 Å². The summed E-state index contributed by atoms with van der Waals surface area (Å²) in [6.45, 7) is 6.11. The molecule has 142 valence electrons. The molecule has 6 heteroatoms. The number of non-ortho nitro benzene ring substituents is 1. The molecule has 0 atom stereocenters. The van der Waals surface area contributed by atoms with E-state index in [1.54, 1.807) is 12.1 Å². The maximum atomic E-state index is 10.8. The van der Waals surface area contributed by atoms with E-state index >= 15 is 0 Å². The molecular formula is C21H26N4O2. The third kappa shape index (κ3) is 3.99. The van der Waals surface area contributed by atoms with Gasteiger partial charge in [0.1, 0.15) is 0 Å². The van der Waals surface area contributed by atoms with Crippen molar-refractivity contribution in [3.05, 3.63) is 58.6 Å². The molecule has 2 aliphatic rings. The molecule has 0 aromatic heterocycles. The first-order valence-corrected chi connectivity index (χ1v) is 9.80. The van der Waals surface area contributed by atoms with Crippen molar-refractivity contribution in [1.29, 1.82) is 0 Å². The van der Waals surface area contributed by atoms with Crippen LogP contribution in [0.2, 0.25) is 0 Å². The molecule has 27 heavy (non-hydrogen) atoms. The first-order chi connectivity index (χ1) is 13.2. The molecule has 2 fully saturated rings. The fourth-order valence-electron chi connectivity index (χ4n) is 4.03. The van der Waals surface area contributed by atoms with Crippen LogP contribution in [0.3, 0.4) is 0 Å². The summed E-state index contributed by atoms with van der Waals surface area (Å²) in [5.41, 5.74) is 3.81. The molecule has 2 aromatic carbocycles. The molecule has 6 nitrogen and oxygen atoms in total. The lowest BCUT2D eigenvalue weighted by molar-refractivity contribution is -0.384. The number of hydrogen-bond acceptors (Lipinski definition) is 5. The zero-order valence-electron chi connectivity index (χ0n) is 15.6. The van der Waals surface area contributed by atoms with E-state index in [9.17, 15) is 10.1 Å². The van der Waals surface area contributed by atoms with Gasteiger partial charge >= 0.3 is 0 Å². The van der Waals surface area contributed by atoms with Crippen LogP contribution in [0.1, 0.15) is 19.3 Å². The van der Waals surface area contributed by atoms with Gasteiger partial charge in [-0.15, -0.1) is 0 Å². The highest BCUT2D eigenvalue weighted by Crippen LogP contribution is 2.26. The highest BCUT2D eigenvalue weighted by molar-refractivity contribution is 5.58. The van der Waals surface area contributed by atoms with Crippen molar-refractivity contribution < 1.29 is 4.92 Å². The predicted octanol–water partition coefficient (Wildman–Crippen LogP) is 3.91. The molecule has 2 aliphatic heterocycles. The maximum Gasteiger partial charge on any atom is 0.269 e. The summed E-state index contributed by atoms with van der Waals surface area (Å²) >= 11 is 0. The quantitative estimate of drug-likeness (QED) is 0.606. The maximum absolute atomic E-state index is 10.8. The summed E-state index contributed by atoms with van der Waals surface area (Å²) in [5, 5.41) is 10.8. The Bertz CT molecular complexity index is 762. The van der Waals surface area contributed by atoms with Crippen LogP contribution in [0, 0.1) is 10.1 Å². The Hall–Kier alpha value is -2.76. The van der Waals surface area contributed by atoms with Gasteiger partial charge in [0, 0.05) is 68.5 Å². The molecule has 0 aliphatic carbocycles. The van der Waals surface area contributed by atoms with Gasteiger partial charge in [-0.25, -0.2) is 0 Å². The lowest BCUT2D eigenvalue weighted by Crippen LogP contribution is -2.46. The topological polar surface area (TPSA) is 52.9 Å². The van der Waals surface area contributed by atoms with E-state index in [4.69, 9.17) is 0 Å². The Morgan fingerprint density at radius 1 is 0.593 bits per heavy atom. The number of benzene rings is 2. The standard InChI is InChI=1S/C21H26N4O2/c26-25(27)21-10-8-20(9-11-21)24-16-14-23(15-17-24)19-6-4-18(5-7-19)22-12-2-1-3-13-22/h4-11H,1-3,12-17H2. The van der Waals surface area contributed by atoms with Crippen LogP contribution in [-0.4, -0.2) is 44.2 Å². The van der Waals surface area contributed by atoms with E-state index in [0.29, 0.717) is 0 Å². The van der Waals surface area contributed by atoms with Gasteiger partial charge in [-0.05, 0) is 55.7 Å². The second-order valence-electron chi connectivity index (χ2n) is 7.31. The molecule has 0 saturated carbocycles.